The van der Waals surface area contributed by atoms with Crippen LogP contribution in [0.15, 0.2) is 0 Å². The van der Waals surface area contributed by atoms with E-state index in [1.165, 1.54) is 6.92 Å². The Morgan fingerprint density at radius 3 is 2.00 bits per heavy atom. The molecule has 0 N–H and O–H groups in total. The number of hydrogen-bond acceptors (Lipinski definition) is 2. The second-order valence-electron chi connectivity index (χ2n) is 1.97. The minimum absolute atomic E-state index is 0.00935. The Kier molecular flexibility index (Phi) is 4.50. The van der Waals surface area contributed by atoms with Crippen LogP contribution in [0, 0.1) is 5.92 Å². The molecule has 0 saturated carbocycles. The molecule has 1 unspecified atom stereocenters. The number of ketones is 1. The van der Waals surface area contributed by atoms with E-state index >= 15 is 0 Å². The molecule has 0 aromatic carbocycles. The van der Waals surface area contributed by atoms with Crippen molar-refractivity contribution in [2.24, 2.45) is 5.92 Å². The van der Waals surface area contributed by atoms with E-state index in [0.717, 1.165) is 0 Å². The first kappa shape index (κ1) is 9.44. The molecule has 0 saturated heterocycles. The van der Waals surface area contributed by atoms with Gasteiger partial charge in [0, 0.05) is 0 Å². The van der Waals surface area contributed by atoms with Crippen LogP contribution in [0.4, 0.5) is 0 Å². The number of hydrogen-bond donors (Lipinski definition) is 0. The van der Waals surface area contributed by atoms with Crippen LogP contribution in [0.25, 0.3) is 0 Å². The summed E-state index contributed by atoms with van der Waals surface area (Å²) in [5.41, 5.74) is 0. The van der Waals surface area contributed by atoms with E-state index in [2.05, 4.69) is 0 Å². The van der Waals surface area contributed by atoms with Crippen LogP contribution in [-0.4, -0.2) is 8.38 Å². The summed E-state index contributed by atoms with van der Waals surface area (Å²) < 4.78 is 0.107. The van der Waals surface area contributed by atoms with E-state index in [-0.39, 0.29) is 14.3 Å². The monoisotopic (exact) mass is 202 g/mol. The van der Waals surface area contributed by atoms with Crippen LogP contribution in [0.2, 0.25) is 0 Å². The molecule has 0 aromatic heterocycles. The second kappa shape index (κ2) is 4.29. The van der Waals surface area contributed by atoms with Crippen molar-refractivity contribution in [1.29, 1.82) is 0 Å². The molecular formula is C6H9O2Y. The Hall–Kier alpha value is 0.444. The van der Waals surface area contributed by atoms with Gasteiger partial charge in [-0.05, 0) is 0 Å². The van der Waals surface area contributed by atoms with Crippen LogP contribution < -0.4 is 0 Å². The molecular weight excluding hydrogens is 193 g/mol. The van der Waals surface area contributed by atoms with Gasteiger partial charge in [0.1, 0.15) is 0 Å². The van der Waals surface area contributed by atoms with Gasteiger partial charge in [-0.1, -0.05) is 0 Å². The summed E-state index contributed by atoms with van der Waals surface area (Å²) in [6.45, 7) is 3.34. The Morgan fingerprint density at radius 2 is 2.00 bits per heavy atom. The van der Waals surface area contributed by atoms with Gasteiger partial charge < -0.3 is 0 Å². The molecule has 0 amide bonds. The summed E-state index contributed by atoms with van der Waals surface area (Å²) in [7, 11) is 0. The van der Waals surface area contributed by atoms with Gasteiger partial charge in [0.25, 0.3) is 0 Å². The van der Waals surface area contributed by atoms with Crippen molar-refractivity contribution in [3.8, 4) is 0 Å². The van der Waals surface area contributed by atoms with Crippen LogP contribution >= 0.6 is 0 Å². The van der Waals surface area contributed by atoms with Crippen LogP contribution in [-0.2, 0) is 40.5 Å². The fourth-order valence-electron chi connectivity index (χ4n) is 0.689. The van der Waals surface area contributed by atoms with Crippen molar-refractivity contribution in [1.82, 2.24) is 0 Å². The van der Waals surface area contributed by atoms with Gasteiger partial charge in [0.2, 0.25) is 0 Å². The van der Waals surface area contributed by atoms with Crippen LogP contribution in [0.3, 0.4) is 0 Å². The zero-order valence-electron chi connectivity index (χ0n) is 5.68. The number of carbonyl (C=O) groups excluding carboxylic acids is 2. The first-order valence-electron chi connectivity index (χ1n) is 2.89. The Morgan fingerprint density at radius 1 is 1.56 bits per heavy atom. The third-order valence-corrected chi connectivity index (χ3v) is 2.23. The fraction of sp³-hybridized carbons (Fsp3) is 0.667. The predicted molar refractivity (Wildman–Crippen MR) is 29.5 cm³/mol. The standard InChI is InChI=1S/C6H9O2.Y/c1-3-6(4-7)5(2)8;/h6H,3H2,1-2H3;. The molecule has 2 nitrogen and oxygen atoms in total. The SMILES string of the molecule is CCC(C(C)=O)[C](=O)[Y]. The van der Waals surface area contributed by atoms with E-state index in [1.54, 1.807) is 0 Å². The van der Waals surface area contributed by atoms with Gasteiger partial charge in [-0.25, -0.2) is 0 Å². The normalized spacial score (nSPS) is 12.6. The van der Waals surface area contributed by atoms with Crippen LogP contribution in [0.1, 0.15) is 20.3 Å². The summed E-state index contributed by atoms with van der Waals surface area (Å²) in [5.74, 6) is -0.289. The summed E-state index contributed by atoms with van der Waals surface area (Å²) in [4.78, 5) is 21.3. The van der Waals surface area contributed by atoms with E-state index in [4.69, 9.17) is 0 Å². The molecule has 0 aliphatic heterocycles. The van der Waals surface area contributed by atoms with Crippen molar-refractivity contribution >= 4 is 8.38 Å². The molecule has 0 aromatic rings. The molecule has 3 heteroatoms. The Bertz CT molecular complexity index is 117. The first-order chi connectivity index (χ1) is 4.09. The molecule has 0 bridgehead atoms. The molecule has 48 valence electrons. The third-order valence-electron chi connectivity index (χ3n) is 1.24. The minimum atomic E-state index is -0.299. The van der Waals surface area contributed by atoms with Gasteiger partial charge in [0.15, 0.2) is 0 Å². The predicted octanol–water partition coefficient (Wildman–Crippen LogP) is 0.675. The molecule has 0 rings (SSSR count). The van der Waals surface area contributed by atoms with E-state index in [0.29, 0.717) is 37.4 Å². The molecule has 0 spiro atoms. The van der Waals surface area contributed by atoms with Crippen LogP contribution in [0.5, 0.6) is 0 Å². The van der Waals surface area contributed by atoms with Crippen molar-refractivity contribution < 1.29 is 40.5 Å². The van der Waals surface area contributed by atoms with Gasteiger partial charge in [-0.3, -0.25) is 0 Å². The van der Waals surface area contributed by atoms with Crippen molar-refractivity contribution in [2.45, 2.75) is 20.3 Å². The molecule has 0 aliphatic carbocycles. The van der Waals surface area contributed by atoms with Crippen molar-refractivity contribution in [3.05, 3.63) is 0 Å². The van der Waals surface area contributed by atoms with Gasteiger partial charge in [0.05, 0.1) is 0 Å². The van der Waals surface area contributed by atoms with Gasteiger partial charge >= 0.3 is 75.1 Å². The summed E-state index contributed by atoms with van der Waals surface area (Å²) in [6, 6.07) is 0. The summed E-state index contributed by atoms with van der Waals surface area (Å²) >= 11 is 0.561. The molecule has 0 radical (unpaired) electrons. The zero-order chi connectivity index (χ0) is 7.44. The Balaban J connectivity index is 3.99. The topological polar surface area (TPSA) is 34.1 Å². The fourth-order valence-corrected chi connectivity index (χ4v) is 1.85. The van der Waals surface area contributed by atoms with E-state index < -0.39 is 0 Å². The number of carbonyl (C=O) groups is 2. The zero-order valence-corrected chi connectivity index (χ0v) is 8.52. The molecule has 0 fully saturated rings. The molecule has 0 heterocycles. The molecule has 1 atom stereocenters. The Labute approximate surface area is 74.8 Å². The van der Waals surface area contributed by atoms with Crippen molar-refractivity contribution in [2.75, 3.05) is 0 Å². The maximum absolute atomic E-state index is 10.7. The maximum atomic E-state index is 10.7. The summed E-state index contributed by atoms with van der Waals surface area (Å²) in [5, 5.41) is 0. The number of Topliss-reactive ketones (excluding diaryl/α,β-unsaturated/α-hetero) is 1. The quantitative estimate of drug-likeness (QED) is 0.630. The average molecular weight is 202 g/mol. The summed E-state index contributed by atoms with van der Waals surface area (Å²) in [6.07, 6.45) is 0.662. The average Bonchev–Trinajstić information content (AvgIpc) is 1.64. The van der Waals surface area contributed by atoms with E-state index in [1.807, 2.05) is 6.92 Å². The number of rotatable bonds is 3. The van der Waals surface area contributed by atoms with Gasteiger partial charge in [-0.2, -0.15) is 0 Å². The van der Waals surface area contributed by atoms with E-state index in [9.17, 15) is 9.59 Å². The first-order valence-corrected chi connectivity index (χ1v) is 4.31. The molecule has 0 aliphatic rings. The third kappa shape index (κ3) is 3.21. The van der Waals surface area contributed by atoms with Gasteiger partial charge in [-0.15, -0.1) is 0 Å². The molecule has 9 heavy (non-hydrogen) atoms. The second-order valence-corrected chi connectivity index (χ2v) is 3.37. The van der Waals surface area contributed by atoms with Crippen molar-refractivity contribution in [3.63, 3.8) is 0 Å².